The molecule has 2 nitrogen and oxygen atoms in total. The zero-order chi connectivity index (χ0) is 11.8. The van der Waals surface area contributed by atoms with Crippen molar-refractivity contribution < 1.29 is 0 Å². The first-order chi connectivity index (χ1) is 7.50. The first kappa shape index (κ1) is 11.7. The Kier molecular flexibility index (Phi) is 3.08. The van der Waals surface area contributed by atoms with E-state index >= 15 is 0 Å². The van der Waals surface area contributed by atoms with Crippen molar-refractivity contribution in [1.82, 2.24) is 0 Å². The van der Waals surface area contributed by atoms with E-state index in [1.54, 1.807) is 0 Å². The maximum atomic E-state index is 6.08. The first-order valence-corrected chi connectivity index (χ1v) is 6.12. The molecule has 1 aromatic carbocycles. The van der Waals surface area contributed by atoms with E-state index in [0.29, 0.717) is 15.4 Å². The van der Waals surface area contributed by atoms with Crippen LogP contribution in [0.15, 0.2) is 18.2 Å². The molecule has 1 saturated carbocycles. The lowest BCUT2D eigenvalue weighted by Crippen LogP contribution is -2.13. The van der Waals surface area contributed by atoms with Gasteiger partial charge >= 0.3 is 0 Å². The summed E-state index contributed by atoms with van der Waals surface area (Å²) < 4.78 is 0. The molecule has 0 radical (unpaired) electrons. The van der Waals surface area contributed by atoms with E-state index in [-0.39, 0.29) is 0 Å². The summed E-state index contributed by atoms with van der Waals surface area (Å²) in [5.74, 6) is 0. The highest BCUT2D eigenvalue weighted by atomic mass is 35.5. The molecule has 1 fully saturated rings. The van der Waals surface area contributed by atoms with Crippen LogP contribution in [0, 0.1) is 5.41 Å². The van der Waals surface area contributed by atoms with Crippen LogP contribution in [0.1, 0.15) is 25.3 Å². The highest BCUT2D eigenvalue weighted by Gasteiger charge is 2.36. The third-order valence-corrected chi connectivity index (χ3v) is 3.59. The van der Waals surface area contributed by atoms with Gasteiger partial charge in [0.25, 0.3) is 0 Å². The van der Waals surface area contributed by atoms with Crippen molar-refractivity contribution >= 4 is 34.5 Å². The Hall–Kier alpha value is -0.800. The predicted octanol–water partition coefficient (Wildman–Crippen LogP) is 3.19. The molecule has 86 valence electrons. The van der Waals surface area contributed by atoms with Gasteiger partial charge in [0, 0.05) is 17.8 Å². The summed E-state index contributed by atoms with van der Waals surface area (Å²) in [6.45, 7) is 3.28. The second-order valence-corrected chi connectivity index (χ2v) is 5.57. The first-order valence-electron chi connectivity index (χ1n) is 5.33. The Morgan fingerprint density at radius 1 is 1.56 bits per heavy atom. The lowest BCUT2D eigenvalue weighted by atomic mass is 10.1. The number of halogens is 1. The van der Waals surface area contributed by atoms with E-state index in [4.69, 9.17) is 29.6 Å². The lowest BCUT2D eigenvalue weighted by molar-refractivity contribution is 0.611. The van der Waals surface area contributed by atoms with Crippen LogP contribution in [0.4, 0.5) is 5.69 Å². The Bertz CT molecular complexity index is 427. The van der Waals surface area contributed by atoms with Crippen molar-refractivity contribution in [3.05, 3.63) is 28.8 Å². The number of anilines is 1. The third kappa shape index (κ3) is 2.66. The molecule has 0 aliphatic heterocycles. The average Bonchev–Trinajstić information content (AvgIpc) is 2.94. The molecule has 0 heterocycles. The van der Waals surface area contributed by atoms with Gasteiger partial charge in [-0.15, -0.1) is 0 Å². The Morgan fingerprint density at radius 2 is 2.25 bits per heavy atom. The largest absolute Gasteiger partial charge is 0.389 e. The van der Waals surface area contributed by atoms with E-state index in [1.807, 2.05) is 18.2 Å². The molecule has 4 heteroatoms. The zero-order valence-corrected chi connectivity index (χ0v) is 10.8. The average molecular weight is 255 g/mol. The molecule has 0 atom stereocenters. The van der Waals surface area contributed by atoms with E-state index in [1.165, 1.54) is 12.8 Å². The summed E-state index contributed by atoms with van der Waals surface area (Å²) in [5.41, 5.74) is 7.79. The minimum atomic E-state index is 0.339. The van der Waals surface area contributed by atoms with Crippen molar-refractivity contribution in [1.29, 1.82) is 0 Å². The van der Waals surface area contributed by atoms with Gasteiger partial charge in [-0.1, -0.05) is 30.7 Å². The van der Waals surface area contributed by atoms with Crippen molar-refractivity contribution in [2.24, 2.45) is 11.1 Å². The molecular weight excluding hydrogens is 240 g/mol. The van der Waals surface area contributed by atoms with Gasteiger partial charge in [-0.05, 0) is 36.5 Å². The van der Waals surface area contributed by atoms with Gasteiger partial charge in [0.05, 0.1) is 5.02 Å². The standard InChI is InChI=1S/C12H15ClN2S/c1-12(4-5-12)7-15-8-2-3-9(11(14)16)10(13)6-8/h2-3,6,15H,4-5,7H2,1H3,(H2,14,16). The molecule has 0 amide bonds. The number of thiocarbonyl (C=S) groups is 1. The molecule has 0 aromatic heterocycles. The fraction of sp³-hybridized carbons (Fsp3) is 0.417. The Labute approximate surface area is 106 Å². The Balaban J connectivity index is 2.05. The fourth-order valence-corrected chi connectivity index (χ4v) is 2.05. The van der Waals surface area contributed by atoms with Gasteiger partial charge in [0.2, 0.25) is 0 Å². The molecule has 1 aliphatic rings. The fourth-order valence-electron chi connectivity index (χ4n) is 1.53. The minimum absolute atomic E-state index is 0.339. The topological polar surface area (TPSA) is 38.0 Å². The summed E-state index contributed by atoms with van der Waals surface area (Å²) in [6, 6.07) is 5.70. The van der Waals surface area contributed by atoms with Crippen LogP contribution >= 0.6 is 23.8 Å². The smallest absolute Gasteiger partial charge is 0.105 e. The molecule has 0 bridgehead atoms. The summed E-state index contributed by atoms with van der Waals surface area (Å²) in [6.07, 6.45) is 2.61. The third-order valence-electron chi connectivity index (χ3n) is 3.06. The van der Waals surface area contributed by atoms with Crippen molar-refractivity contribution in [3.63, 3.8) is 0 Å². The SMILES string of the molecule is CC1(CNc2ccc(C(N)=S)c(Cl)c2)CC1. The quantitative estimate of drug-likeness (QED) is 0.811. The van der Waals surface area contributed by atoms with Gasteiger partial charge in [-0.2, -0.15) is 0 Å². The monoisotopic (exact) mass is 254 g/mol. The highest BCUT2D eigenvalue weighted by molar-refractivity contribution is 7.80. The van der Waals surface area contributed by atoms with E-state index in [9.17, 15) is 0 Å². The van der Waals surface area contributed by atoms with E-state index in [0.717, 1.165) is 17.8 Å². The maximum absolute atomic E-state index is 6.08. The highest BCUT2D eigenvalue weighted by Crippen LogP contribution is 2.44. The summed E-state index contributed by atoms with van der Waals surface area (Å²) in [5, 5.41) is 4.00. The molecule has 3 N–H and O–H groups in total. The van der Waals surface area contributed by atoms with Crippen LogP contribution in [-0.2, 0) is 0 Å². The van der Waals surface area contributed by atoms with Crippen molar-refractivity contribution in [2.75, 3.05) is 11.9 Å². The van der Waals surface area contributed by atoms with Crippen LogP contribution in [0.3, 0.4) is 0 Å². The number of benzene rings is 1. The summed E-state index contributed by atoms with van der Waals surface area (Å²) in [4.78, 5) is 0.339. The van der Waals surface area contributed by atoms with Gasteiger partial charge in [0.1, 0.15) is 4.99 Å². The van der Waals surface area contributed by atoms with Crippen LogP contribution in [0.25, 0.3) is 0 Å². The number of nitrogens with two attached hydrogens (primary N) is 1. The molecule has 2 rings (SSSR count). The van der Waals surface area contributed by atoms with Gasteiger partial charge in [-0.3, -0.25) is 0 Å². The van der Waals surface area contributed by atoms with Gasteiger partial charge in [0.15, 0.2) is 0 Å². The summed E-state index contributed by atoms with van der Waals surface area (Å²) >= 11 is 11.0. The lowest BCUT2D eigenvalue weighted by Gasteiger charge is -2.12. The molecule has 0 saturated heterocycles. The summed E-state index contributed by atoms with van der Waals surface area (Å²) in [7, 11) is 0. The molecule has 1 aliphatic carbocycles. The van der Waals surface area contributed by atoms with Crippen molar-refractivity contribution in [2.45, 2.75) is 19.8 Å². The number of hydrogen-bond donors (Lipinski definition) is 2. The molecule has 0 spiro atoms. The number of rotatable bonds is 4. The van der Waals surface area contributed by atoms with Crippen LogP contribution in [0.2, 0.25) is 5.02 Å². The zero-order valence-electron chi connectivity index (χ0n) is 9.22. The molecule has 1 aromatic rings. The number of hydrogen-bond acceptors (Lipinski definition) is 2. The van der Waals surface area contributed by atoms with Crippen molar-refractivity contribution in [3.8, 4) is 0 Å². The van der Waals surface area contributed by atoms with Crippen LogP contribution in [-0.4, -0.2) is 11.5 Å². The van der Waals surface area contributed by atoms with E-state index < -0.39 is 0 Å². The maximum Gasteiger partial charge on any atom is 0.105 e. The normalized spacial score (nSPS) is 16.9. The Morgan fingerprint density at radius 3 is 2.75 bits per heavy atom. The van der Waals surface area contributed by atoms with Gasteiger partial charge < -0.3 is 11.1 Å². The van der Waals surface area contributed by atoms with Crippen LogP contribution < -0.4 is 11.1 Å². The minimum Gasteiger partial charge on any atom is -0.389 e. The second-order valence-electron chi connectivity index (χ2n) is 4.72. The second kappa shape index (κ2) is 4.22. The van der Waals surface area contributed by atoms with E-state index in [2.05, 4.69) is 12.2 Å². The van der Waals surface area contributed by atoms with Gasteiger partial charge in [-0.25, -0.2) is 0 Å². The number of nitrogens with one attached hydrogen (secondary N) is 1. The predicted molar refractivity (Wildman–Crippen MR) is 73.2 cm³/mol. The molecular formula is C12H15ClN2S. The molecule has 16 heavy (non-hydrogen) atoms. The molecule has 0 unspecified atom stereocenters. The van der Waals surface area contributed by atoms with Crippen LogP contribution in [0.5, 0.6) is 0 Å².